The first-order valence-corrected chi connectivity index (χ1v) is 18.1. The first kappa shape index (κ1) is 32.9. The molecule has 0 aromatic heterocycles. The van der Waals surface area contributed by atoms with E-state index in [1.807, 2.05) is 0 Å². The second kappa shape index (κ2) is 11.9. The van der Waals surface area contributed by atoms with Gasteiger partial charge < -0.3 is 34.6 Å². The summed E-state index contributed by atoms with van der Waals surface area (Å²) in [6.07, 6.45) is 5.18. The van der Waals surface area contributed by atoms with Gasteiger partial charge in [0.2, 0.25) is 0 Å². The number of hydrogen-bond donors (Lipinski definition) is 4. The number of alkyl halides is 1. The summed E-state index contributed by atoms with van der Waals surface area (Å²) in [4.78, 5) is 0. The van der Waals surface area contributed by atoms with Gasteiger partial charge >= 0.3 is 0 Å². The van der Waals surface area contributed by atoms with Crippen molar-refractivity contribution < 1.29 is 34.6 Å². The maximum Gasteiger partial charge on any atom is 0.186 e. The van der Waals surface area contributed by atoms with Gasteiger partial charge in [0.05, 0.1) is 18.1 Å². The number of ether oxygens (including phenoxy) is 3. The van der Waals surface area contributed by atoms with Gasteiger partial charge in [-0.25, -0.2) is 0 Å². The molecule has 4 saturated carbocycles. The number of hydrogen-bond acceptors (Lipinski definition) is 7. The predicted octanol–water partition coefficient (Wildman–Crippen LogP) is 5.28. The van der Waals surface area contributed by atoms with Crippen molar-refractivity contribution in [1.29, 1.82) is 0 Å². The van der Waals surface area contributed by atoms with E-state index in [2.05, 4.69) is 41.5 Å². The molecule has 248 valence electrons. The molecule has 7 nitrogen and oxygen atoms in total. The molecular formula is C35H59ClO7. The first-order valence-electron chi connectivity index (χ1n) is 17.6. The number of fused-ring (bicyclic) bond motifs is 3. The van der Waals surface area contributed by atoms with Crippen molar-refractivity contribution in [3.8, 4) is 0 Å². The van der Waals surface area contributed by atoms with Crippen molar-refractivity contribution in [2.45, 2.75) is 160 Å². The number of epoxide rings is 1. The Labute approximate surface area is 264 Å². The molecule has 2 heterocycles. The molecule has 0 unspecified atom stereocenters. The van der Waals surface area contributed by atoms with Crippen molar-refractivity contribution in [1.82, 2.24) is 0 Å². The highest BCUT2D eigenvalue weighted by molar-refractivity contribution is 6.22. The molecule has 43 heavy (non-hydrogen) atoms. The second-order valence-electron chi connectivity index (χ2n) is 16.4. The monoisotopic (exact) mass is 626 g/mol. The van der Waals surface area contributed by atoms with Gasteiger partial charge in [0.25, 0.3) is 0 Å². The lowest BCUT2D eigenvalue weighted by atomic mass is 9.44. The van der Waals surface area contributed by atoms with Crippen LogP contribution in [0.3, 0.4) is 0 Å². The van der Waals surface area contributed by atoms with E-state index >= 15 is 0 Å². The summed E-state index contributed by atoms with van der Waals surface area (Å²) in [6.45, 7) is 14.1. The van der Waals surface area contributed by atoms with Crippen molar-refractivity contribution in [2.75, 3.05) is 6.61 Å². The van der Waals surface area contributed by atoms with Crippen LogP contribution < -0.4 is 0 Å². The van der Waals surface area contributed by atoms with Crippen LogP contribution in [0.1, 0.15) is 106 Å². The Balaban J connectivity index is 1.15. The Hall–Kier alpha value is 0.01000. The lowest BCUT2D eigenvalue weighted by molar-refractivity contribution is -0.316. The predicted molar refractivity (Wildman–Crippen MR) is 165 cm³/mol. The van der Waals surface area contributed by atoms with Gasteiger partial charge in [-0.05, 0) is 98.2 Å². The highest BCUT2D eigenvalue weighted by atomic mass is 35.5. The molecule has 0 amide bonds. The standard InChI is InChI=1S/C35H59ClO7/c1-7-20(18(2)3)9-8-19(4)23-12-13-24-25-11-10-21-16-22(41-32-29(40)28(39)27(38)26(17-37)42-32)14-15-33(21,5)35(25)31(43-35)30(36)34(23,24)6/h18-32,37-40H,7-17H2,1-6H3/t19-,20-,21+,22+,23-,24+,25+,26-,27-,28+,29-,30+,31-,32-,33+,34-,35+/m1/s1. The molecule has 2 saturated heterocycles. The second-order valence-corrected chi connectivity index (χ2v) is 16.9. The average Bonchev–Trinajstić information content (AvgIpc) is 3.64. The van der Waals surface area contributed by atoms with Crippen LogP contribution >= 0.6 is 11.6 Å². The fraction of sp³-hybridized carbons (Fsp3) is 1.00. The third-order valence-corrected chi connectivity index (χ3v) is 15.1. The molecule has 1 spiro atoms. The molecule has 8 heteroatoms. The minimum Gasteiger partial charge on any atom is -0.394 e. The van der Waals surface area contributed by atoms with E-state index in [0.717, 1.165) is 37.5 Å². The molecule has 0 aromatic rings. The maximum atomic E-state index is 10.6. The van der Waals surface area contributed by atoms with Crippen molar-refractivity contribution >= 4 is 11.6 Å². The van der Waals surface area contributed by atoms with Crippen LogP contribution in [0, 0.1) is 52.3 Å². The Morgan fingerprint density at radius 1 is 0.930 bits per heavy atom. The van der Waals surface area contributed by atoms with Gasteiger partial charge in [0.15, 0.2) is 6.29 Å². The van der Waals surface area contributed by atoms with Gasteiger partial charge in [-0.15, -0.1) is 11.6 Å². The van der Waals surface area contributed by atoms with E-state index < -0.39 is 37.3 Å². The summed E-state index contributed by atoms with van der Waals surface area (Å²) in [6, 6.07) is 0. The van der Waals surface area contributed by atoms with E-state index in [1.54, 1.807) is 0 Å². The van der Waals surface area contributed by atoms with Crippen molar-refractivity contribution in [3.05, 3.63) is 0 Å². The fourth-order valence-electron chi connectivity index (χ4n) is 11.7. The Morgan fingerprint density at radius 3 is 2.33 bits per heavy atom. The molecule has 17 atom stereocenters. The topological polar surface area (TPSA) is 112 Å². The van der Waals surface area contributed by atoms with Crippen LogP contribution in [0.5, 0.6) is 0 Å². The zero-order valence-electron chi connectivity index (χ0n) is 27.3. The lowest BCUT2D eigenvalue weighted by Crippen LogP contribution is -2.64. The summed E-state index contributed by atoms with van der Waals surface area (Å²) in [7, 11) is 0. The van der Waals surface area contributed by atoms with Crippen LogP contribution in [0.2, 0.25) is 0 Å². The van der Waals surface area contributed by atoms with Crippen molar-refractivity contribution in [2.24, 2.45) is 52.3 Å². The normalized spacial score (nSPS) is 53.9. The van der Waals surface area contributed by atoms with Gasteiger partial charge in [-0.3, -0.25) is 0 Å². The quantitative estimate of drug-likeness (QED) is 0.157. The summed E-state index contributed by atoms with van der Waals surface area (Å²) in [5, 5.41) is 40.6. The molecule has 6 aliphatic rings. The van der Waals surface area contributed by atoms with Crippen molar-refractivity contribution in [3.63, 3.8) is 0 Å². The fourth-order valence-corrected chi connectivity index (χ4v) is 12.3. The highest BCUT2D eigenvalue weighted by Crippen LogP contribution is 2.77. The molecule has 0 bridgehead atoms. The Morgan fingerprint density at radius 2 is 1.65 bits per heavy atom. The number of rotatable bonds is 9. The summed E-state index contributed by atoms with van der Waals surface area (Å²) in [5.74, 6) is 4.46. The summed E-state index contributed by atoms with van der Waals surface area (Å²) < 4.78 is 18.9. The van der Waals surface area contributed by atoms with E-state index in [1.165, 1.54) is 38.5 Å². The average molecular weight is 627 g/mol. The van der Waals surface area contributed by atoms with Crippen LogP contribution in [0.4, 0.5) is 0 Å². The molecule has 2 aliphatic heterocycles. The molecule has 4 aliphatic carbocycles. The SMILES string of the molecule is CC[C@H](CC[C@@H](C)[C@H]1CC[C@H]2[C@@H]3CC[C@H]4C[C@@H](O[C@@H]5O[C@H](CO)[C@@H](O)[C@H](O)[C@H]5O)CC[C@]4(C)[C@]34O[C@@H]4[C@H](Cl)[C@]12C)C(C)C. The minimum atomic E-state index is -1.42. The van der Waals surface area contributed by atoms with Crippen LogP contribution in [0.15, 0.2) is 0 Å². The van der Waals surface area contributed by atoms with Gasteiger partial charge in [-0.1, -0.05) is 54.4 Å². The van der Waals surface area contributed by atoms with Gasteiger partial charge in [0, 0.05) is 5.41 Å². The first-order chi connectivity index (χ1) is 20.3. The minimum absolute atomic E-state index is 0.0274. The molecular weight excluding hydrogens is 568 g/mol. The third-order valence-electron chi connectivity index (χ3n) is 14.4. The zero-order chi connectivity index (χ0) is 31.1. The van der Waals surface area contributed by atoms with E-state index in [-0.39, 0.29) is 34.0 Å². The number of aliphatic hydroxyl groups is 4. The molecule has 4 N–H and O–H groups in total. The molecule has 0 radical (unpaired) electrons. The van der Waals surface area contributed by atoms with Crippen LogP contribution in [-0.2, 0) is 14.2 Å². The smallest absolute Gasteiger partial charge is 0.186 e. The van der Waals surface area contributed by atoms with E-state index in [9.17, 15) is 20.4 Å². The largest absolute Gasteiger partial charge is 0.394 e. The van der Waals surface area contributed by atoms with E-state index in [0.29, 0.717) is 29.6 Å². The maximum absolute atomic E-state index is 10.6. The third kappa shape index (κ3) is 4.91. The van der Waals surface area contributed by atoms with Crippen LogP contribution in [0.25, 0.3) is 0 Å². The molecule has 6 fully saturated rings. The number of halogens is 1. The van der Waals surface area contributed by atoms with Gasteiger partial charge in [0.1, 0.15) is 36.1 Å². The van der Waals surface area contributed by atoms with Gasteiger partial charge in [-0.2, -0.15) is 0 Å². The summed E-state index contributed by atoms with van der Waals surface area (Å²) in [5.41, 5.74) is -0.00817. The Bertz CT molecular complexity index is 995. The summed E-state index contributed by atoms with van der Waals surface area (Å²) >= 11 is 7.61. The number of aliphatic hydroxyl groups excluding tert-OH is 4. The lowest BCUT2D eigenvalue weighted by Gasteiger charge is -2.60. The zero-order valence-corrected chi connectivity index (χ0v) is 28.1. The van der Waals surface area contributed by atoms with E-state index in [4.69, 9.17) is 25.8 Å². The molecule has 0 aromatic carbocycles. The molecule has 6 rings (SSSR count). The highest BCUT2D eigenvalue weighted by Gasteiger charge is 2.82. The Kier molecular flexibility index (Phi) is 9.12. The van der Waals surface area contributed by atoms with Crippen LogP contribution in [-0.4, -0.2) is 80.9 Å².